The first-order valence-electron chi connectivity index (χ1n) is 6.46. The van der Waals surface area contributed by atoms with E-state index in [-0.39, 0.29) is 22.9 Å². The number of amides is 1. The maximum absolute atomic E-state index is 12.9. The van der Waals surface area contributed by atoms with Crippen molar-refractivity contribution in [1.82, 2.24) is 14.7 Å². The summed E-state index contributed by atoms with van der Waals surface area (Å²) in [6.45, 7) is 5.42. The van der Waals surface area contributed by atoms with Crippen molar-refractivity contribution in [3.8, 4) is 0 Å². The van der Waals surface area contributed by atoms with Gasteiger partial charge in [0.05, 0.1) is 16.3 Å². The number of fused-ring (bicyclic) bond motifs is 1. The molecule has 0 unspecified atom stereocenters. The summed E-state index contributed by atoms with van der Waals surface area (Å²) in [6.07, 6.45) is -1.88. The van der Waals surface area contributed by atoms with E-state index in [2.05, 4.69) is 16.9 Å². The molecular weight excluding hydrogens is 319 g/mol. The summed E-state index contributed by atoms with van der Waals surface area (Å²) in [5.74, 6) is -0.528. The topological polar surface area (TPSA) is 46.4 Å². The van der Waals surface area contributed by atoms with Crippen molar-refractivity contribution >= 4 is 23.2 Å². The van der Waals surface area contributed by atoms with Crippen molar-refractivity contribution < 1.29 is 18.0 Å². The Morgan fingerprint density at radius 1 is 1.55 bits per heavy atom. The number of hydrogen-bond donors (Lipinski definition) is 1. The molecule has 118 valence electrons. The molecule has 1 amide bonds. The predicted octanol–water partition coefficient (Wildman–Crippen LogP) is 3.48. The third-order valence-corrected chi connectivity index (χ3v) is 3.31. The van der Waals surface area contributed by atoms with Crippen molar-refractivity contribution in [2.24, 2.45) is 0 Å². The Kier molecular flexibility index (Phi) is 4.46. The van der Waals surface area contributed by atoms with Crippen molar-refractivity contribution in [1.29, 1.82) is 0 Å². The molecule has 2 aromatic heterocycles. The van der Waals surface area contributed by atoms with Crippen molar-refractivity contribution in [2.45, 2.75) is 19.5 Å². The quantitative estimate of drug-likeness (QED) is 0.872. The Hall–Kier alpha value is -2.02. The SMILES string of the molecule is C=CCNC(=O)c1c(CC)nc2c(Cl)cc(C(F)(F)F)cn12. The van der Waals surface area contributed by atoms with Crippen LogP contribution in [0.15, 0.2) is 24.9 Å². The van der Waals surface area contributed by atoms with Crippen LogP contribution in [0.3, 0.4) is 0 Å². The zero-order chi connectivity index (χ0) is 16.5. The highest BCUT2D eigenvalue weighted by atomic mass is 35.5. The average molecular weight is 332 g/mol. The van der Waals surface area contributed by atoms with Crippen LogP contribution < -0.4 is 5.32 Å². The minimum Gasteiger partial charge on any atom is -0.347 e. The molecular formula is C14H13ClF3N3O. The number of alkyl halides is 3. The molecule has 0 aliphatic heterocycles. The second-order valence-electron chi connectivity index (χ2n) is 4.53. The van der Waals surface area contributed by atoms with Gasteiger partial charge in [0.2, 0.25) is 0 Å². The number of carbonyl (C=O) groups is 1. The number of aryl methyl sites for hydroxylation is 1. The minimum absolute atomic E-state index is 0.0485. The fourth-order valence-electron chi connectivity index (χ4n) is 2.04. The number of pyridine rings is 1. The fourth-order valence-corrected chi connectivity index (χ4v) is 2.29. The van der Waals surface area contributed by atoms with E-state index in [9.17, 15) is 18.0 Å². The molecule has 0 radical (unpaired) electrons. The van der Waals surface area contributed by atoms with E-state index in [0.717, 1.165) is 16.7 Å². The van der Waals surface area contributed by atoms with Gasteiger partial charge in [0.25, 0.3) is 5.91 Å². The first-order valence-corrected chi connectivity index (χ1v) is 6.84. The maximum Gasteiger partial charge on any atom is 0.417 e. The van der Waals surface area contributed by atoms with Crippen LogP contribution in [0.4, 0.5) is 13.2 Å². The van der Waals surface area contributed by atoms with E-state index in [0.29, 0.717) is 12.1 Å². The van der Waals surface area contributed by atoms with Gasteiger partial charge in [-0.25, -0.2) is 4.98 Å². The highest BCUT2D eigenvalue weighted by Gasteiger charge is 2.33. The summed E-state index contributed by atoms with van der Waals surface area (Å²) in [7, 11) is 0. The predicted molar refractivity (Wildman–Crippen MR) is 77.1 cm³/mol. The Labute approximate surface area is 129 Å². The number of carbonyl (C=O) groups excluding carboxylic acids is 1. The summed E-state index contributed by atoms with van der Waals surface area (Å²) in [4.78, 5) is 16.3. The number of halogens is 4. The summed E-state index contributed by atoms with van der Waals surface area (Å²) in [5, 5.41) is 2.38. The standard InChI is InChI=1S/C14H13ClF3N3O/c1-3-5-19-13(22)11-10(4-2)20-12-9(15)6-8(7-21(11)12)14(16,17)18/h3,6-7H,1,4-5H2,2H3,(H,19,22). The van der Waals surface area contributed by atoms with E-state index >= 15 is 0 Å². The van der Waals surface area contributed by atoms with E-state index in [1.165, 1.54) is 6.08 Å². The number of rotatable bonds is 4. The van der Waals surface area contributed by atoms with Gasteiger partial charge in [0, 0.05) is 12.7 Å². The second-order valence-corrected chi connectivity index (χ2v) is 4.93. The van der Waals surface area contributed by atoms with Crippen LogP contribution in [-0.2, 0) is 12.6 Å². The average Bonchev–Trinajstić information content (AvgIpc) is 2.83. The van der Waals surface area contributed by atoms with Gasteiger partial charge in [0.15, 0.2) is 5.65 Å². The summed E-state index contributed by atoms with van der Waals surface area (Å²) in [6, 6.07) is 0.800. The zero-order valence-electron chi connectivity index (χ0n) is 11.7. The lowest BCUT2D eigenvalue weighted by atomic mass is 10.2. The number of hydrogen-bond acceptors (Lipinski definition) is 2. The second kappa shape index (κ2) is 6.00. The number of aromatic nitrogens is 2. The largest absolute Gasteiger partial charge is 0.417 e. The molecule has 8 heteroatoms. The third kappa shape index (κ3) is 2.94. The first kappa shape index (κ1) is 16.4. The molecule has 4 nitrogen and oxygen atoms in total. The molecule has 0 bridgehead atoms. The molecule has 1 N–H and O–H groups in total. The molecule has 2 rings (SSSR count). The molecule has 2 heterocycles. The highest BCUT2D eigenvalue weighted by molar-refractivity contribution is 6.33. The molecule has 0 aromatic carbocycles. The Morgan fingerprint density at radius 2 is 2.23 bits per heavy atom. The smallest absolute Gasteiger partial charge is 0.347 e. The zero-order valence-corrected chi connectivity index (χ0v) is 12.4. The molecule has 2 aromatic rings. The first-order chi connectivity index (χ1) is 10.3. The molecule has 0 saturated heterocycles. The van der Waals surface area contributed by atoms with Gasteiger partial charge < -0.3 is 5.32 Å². The Morgan fingerprint density at radius 3 is 2.77 bits per heavy atom. The molecule has 22 heavy (non-hydrogen) atoms. The van der Waals surface area contributed by atoms with Gasteiger partial charge in [-0.05, 0) is 12.5 Å². The van der Waals surface area contributed by atoms with Gasteiger partial charge in [-0.2, -0.15) is 13.2 Å². The lowest BCUT2D eigenvalue weighted by Gasteiger charge is -2.10. The molecule has 0 spiro atoms. The van der Waals surface area contributed by atoms with Crippen LogP contribution in [-0.4, -0.2) is 21.8 Å². The lowest BCUT2D eigenvalue weighted by Crippen LogP contribution is -2.26. The van der Waals surface area contributed by atoms with Crippen LogP contribution in [0.1, 0.15) is 28.7 Å². The van der Waals surface area contributed by atoms with E-state index in [1.807, 2.05) is 0 Å². The van der Waals surface area contributed by atoms with Crippen molar-refractivity contribution in [2.75, 3.05) is 6.54 Å². The third-order valence-electron chi connectivity index (χ3n) is 3.03. The molecule has 0 atom stereocenters. The summed E-state index contributed by atoms with van der Waals surface area (Å²) in [5.41, 5.74) is -0.395. The molecule has 0 saturated carbocycles. The van der Waals surface area contributed by atoms with Gasteiger partial charge in [-0.1, -0.05) is 24.6 Å². The Bertz CT molecular complexity index is 737. The highest BCUT2D eigenvalue weighted by Crippen LogP contribution is 2.33. The van der Waals surface area contributed by atoms with E-state index in [1.54, 1.807) is 6.92 Å². The van der Waals surface area contributed by atoms with Crippen LogP contribution in [0.5, 0.6) is 0 Å². The normalized spacial score (nSPS) is 11.7. The number of nitrogens with one attached hydrogen (secondary N) is 1. The Balaban J connectivity index is 2.69. The van der Waals surface area contributed by atoms with Crippen LogP contribution >= 0.6 is 11.6 Å². The summed E-state index contributed by atoms with van der Waals surface area (Å²) < 4.78 is 39.8. The minimum atomic E-state index is -4.57. The van der Waals surface area contributed by atoms with Gasteiger partial charge in [0.1, 0.15) is 5.69 Å². The van der Waals surface area contributed by atoms with Crippen molar-refractivity contribution in [3.63, 3.8) is 0 Å². The van der Waals surface area contributed by atoms with Gasteiger partial charge in [-0.3, -0.25) is 9.20 Å². The van der Waals surface area contributed by atoms with Crippen LogP contribution in [0.25, 0.3) is 5.65 Å². The fraction of sp³-hybridized carbons (Fsp3) is 0.286. The molecule has 0 aliphatic carbocycles. The monoisotopic (exact) mass is 331 g/mol. The van der Waals surface area contributed by atoms with Crippen LogP contribution in [0.2, 0.25) is 5.02 Å². The number of nitrogens with zero attached hydrogens (tertiary/aromatic N) is 2. The van der Waals surface area contributed by atoms with Gasteiger partial charge in [-0.15, -0.1) is 6.58 Å². The van der Waals surface area contributed by atoms with E-state index in [4.69, 9.17) is 11.6 Å². The van der Waals surface area contributed by atoms with Crippen LogP contribution in [0, 0.1) is 0 Å². The van der Waals surface area contributed by atoms with E-state index < -0.39 is 17.6 Å². The number of imidazole rings is 1. The maximum atomic E-state index is 12.9. The van der Waals surface area contributed by atoms with Crippen molar-refractivity contribution in [3.05, 3.63) is 46.9 Å². The molecule has 0 aliphatic rings. The molecule has 0 fully saturated rings. The lowest BCUT2D eigenvalue weighted by molar-refractivity contribution is -0.137. The van der Waals surface area contributed by atoms with Gasteiger partial charge >= 0.3 is 6.18 Å². The summed E-state index contributed by atoms with van der Waals surface area (Å²) >= 11 is 5.89.